The number of hydrogen-bond acceptors (Lipinski definition) is 6. The summed E-state index contributed by atoms with van der Waals surface area (Å²) in [6.07, 6.45) is -1.42. The number of rotatable bonds is 3. The molecule has 0 radical (unpaired) electrons. The van der Waals surface area contributed by atoms with E-state index in [0.29, 0.717) is 6.54 Å². The van der Waals surface area contributed by atoms with Gasteiger partial charge in [-0.1, -0.05) is 29.8 Å². The fraction of sp³-hybridized carbons (Fsp3) is 0.391. The molecule has 2 aliphatic rings. The van der Waals surface area contributed by atoms with Gasteiger partial charge in [0.25, 0.3) is 0 Å². The molecule has 4 atom stereocenters. The highest BCUT2D eigenvalue weighted by atomic mass is 16.7. The Labute approximate surface area is 173 Å². The summed E-state index contributed by atoms with van der Waals surface area (Å²) in [5.74, 6) is -1.04. The monoisotopic (exact) mass is 411 g/mol. The summed E-state index contributed by atoms with van der Waals surface area (Å²) in [5.41, 5.74) is 4.72. The van der Waals surface area contributed by atoms with Crippen LogP contribution >= 0.6 is 0 Å². The van der Waals surface area contributed by atoms with Crippen molar-refractivity contribution < 1.29 is 29.9 Å². The molecule has 1 saturated heterocycles. The molecule has 0 saturated carbocycles. The van der Waals surface area contributed by atoms with Gasteiger partial charge in [0.05, 0.1) is 24.8 Å². The quantitative estimate of drug-likeness (QED) is 0.525. The van der Waals surface area contributed by atoms with Gasteiger partial charge in [0, 0.05) is 30.1 Å². The van der Waals surface area contributed by atoms with Crippen LogP contribution in [0, 0.1) is 6.92 Å². The molecule has 4 unspecified atom stereocenters. The van der Waals surface area contributed by atoms with Gasteiger partial charge >= 0.3 is 0 Å². The van der Waals surface area contributed by atoms with E-state index in [1.165, 1.54) is 5.56 Å². The molecular formula is C23H25NO6. The average molecular weight is 411 g/mol. The minimum absolute atomic E-state index is 0.0633. The average Bonchev–Trinajstić information content (AvgIpc) is 3.23. The van der Waals surface area contributed by atoms with Crippen LogP contribution in [0.25, 0.3) is 10.9 Å². The van der Waals surface area contributed by atoms with Crippen LogP contribution in [0.15, 0.2) is 42.6 Å². The lowest BCUT2D eigenvalue weighted by Crippen LogP contribution is -2.54. The first kappa shape index (κ1) is 19.5. The Balaban J connectivity index is 1.58. The van der Waals surface area contributed by atoms with Crippen molar-refractivity contribution in [3.05, 3.63) is 64.8 Å². The van der Waals surface area contributed by atoms with E-state index in [4.69, 9.17) is 9.47 Å². The van der Waals surface area contributed by atoms with E-state index in [0.717, 1.165) is 27.6 Å². The third-order valence-electron chi connectivity index (χ3n) is 6.20. The minimum Gasteiger partial charge on any atom is -0.506 e. The van der Waals surface area contributed by atoms with Crippen molar-refractivity contribution in [3.8, 4) is 5.75 Å². The van der Waals surface area contributed by atoms with E-state index >= 15 is 0 Å². The smallest absolute Gasteiger partial charge is 0.198 e. The third-order valence-corrected chi connectivity index (χ3v) is 6.20. The highest BCUT2D eigenvalue weighted by molar-refractivity contribution is 5.88. The summed E-state index contributed by atoms with van der Waals surface area (Å²) >= 11 is 0. The van der Waals surface area contributed by atoms with Crippen LogP contribution < -0.4 is 0 Å². The predicted octanol–water partition coefficient (Wildman–Crippen LogP) is 1.89. The first-order valence-electron chi connectivity index (χ1n) is 10.1. The topological polar surface area (TPSA) is 104 Å². The van der Waals surface area contributed by atoms with Gasteiger partial charge in [0.1, 0.15) is 18.0 Å². The summed E-state index contributed by atoms with van der Waals surface area (Å²) in [5, 5.41) is 41.3. The van der Waals surface area contributed by atoms with Gasteiger partial charge in [-0.05, 0) is 30.2 Å². The summed E-state index contributed by atoms with van der Waals surface area (Å²) in [7, 11) is 0. The third kappa shape index (κ3) is 3.02. The van der Waals surface area contributed by atoms with Crippen LogP contribution in [0.3, 0.4) is 0 Å². The molecule has 3 aromatic rings. The molecule has 3 heterocycles. The molecule has 2 aliphatic heterocycles. The molecule has 1 spiro atoms. The van der Waals surface area contributed by atoms with Crippen molar-refractivity contribution in [3.63, 3.8) is 0 Å². The SMILES string of the molecule is Cc1ccc(Cn2cc(O)c3cc4c(cc32)C2(CC(O)C(O)C(CO)O2)OC4)cc1. The molecule has 0 bridgehead atoms. The summed E-state index contributed by atoms with van der Waals surface area (Å²) < 4.78 is 13.9. The van der Waals surface area contributed by atoms with E-state index in [1.807, 2.05) is 23.6 Å². The lowest BCUT2D eigenvalue weighted by molar-refractivity contribution is -0.326. The van der Waals surface area contributed by atoms with Gasteiger partial charge in [-0.3, -0.25) is 0 Å². The Kier molecular flexibility index (Phi) is 4.61. The predicted molar refractivity (Wildman–Crippen MR) is 109 cm³/mol. The Morgan fingerprint density at radius 1 is 1.17 bits per heavy atom. The van der Waals surface area contributed by atoms with E-state index in [-0.39, 0.29) is 18.8 Å². The van der Waals surface area contributed by atoms with Crippen LogP contribution in [0.2, 0.25) is 0 Å². The number of aryl methyl sites for hydroxylation is 1. The Hall–Kier alpha value is -2.42. The Bertz CT molecular complexity index is 1090. The molecule has 1 fully saturated rings. The molecular weight excluding hydrogens is 386 g/mol. The second-order valence-corrected chi connectivity index (χ2v) is 8.30. The van der Waals surface area contributed by atoms with E-state index in [9.17, 15) is 20.4 Å². The van der Waals surface area contributed by atoms with E-state index in [1.54, 1.807) is 6.20 Å². The lowest BCUT2D eigenvalue weighted by Gasteiger charge is -2.42. The number of nitrogens with zero attached hydrogens (tertiary/aromatic N) is 1. The highest BCUT2D eigenvalue weighted by Crippen LogP contribution is 2.47. The maximum absolute atomic E-state index is 10.5. The molecule has 5 rings (SSSR count). The summed E-state index contributed by atoms with van der Waals surface area (Å²) in [6.45, 7) is 2.46. The van der Waals surface area contributed by atoms with Crippen LogP contribution in [0.1, 0.15) is 28.7 Å². The molecule has 7 heteroatoms. The van der Waals surface area contributed by atoms with Crippen molar-refractivity contribution >= 4 is 10.9 Å². The normalized spacial score (nSPS) is 28.3. The number of ether oxygens (including phenoxy) is 2. The molecule has 30 heavy (non-hydrogen) atoms. The number of hydrogen-bond donors (Lipinski definition) is 4. The maximum Gasteiger partial charge on any atom is 0.198 e. The zero-order valence-electron chi connectivity index (χ0n) is 16.7. The van der Waals surface area contributed by atoms with Gasteiger partial charge in [0.2, 0.25) is 0 Å². The highest BCUT2D eigenvalue weighted by Gasteiger charge is 2.51. The van der Waals surface area contributed by atoms with Crippen LogP contribution in [-0.4, -0.2) is 49.9 Å². The Morgan fingerprint density at radius 3 is 2.67 bits per heavy atom. The van der Waals surface area contributed by atoms with Crippen LogP contribution in [0.4, 0.5) is 0 Å². The number of aliphatic hydroxyl groups is 3. The molecule has 0 aliphatic carbocycles. The van der Waals surface area contributed by atoms with Gasteiger partial charge < -0.3 is 34.5 Å². The van der Waals surface area contributed by atoms with Gasteiger partial charge in [-0.2, -0.15) is 0 Å². The van der Waals surface area contributed by atoms with Crippen LogP contribution in [-0.2, 0) is 28.4 Å². The number of benzene rings is 2. The standard InChI is InChI=1S/C23H25NO6/c1-13-2-4-14(5-3-13)9-24-10-20(27)16-6-15-12-29-23(17(15)7-18(16)24)8-19(26)22(28)21(11-25)30-23/h2-7,10,19,21-22,25-28H,8-9,11-12H2,1H3. The number of aromatic nitrogens is 1. The molecule has 7 nitrogen and oxygen atoms in total. The van der Waals surface area contributed by atoms with E-state index in [2.05, 4.69) is 24.3 Å². The minimum atomic E-state index is -1.23. The largest absolute Gasteiger partial charge is 0.506 e. The first-order valence-corrected chi connectivity index (χ1v) is 10.1. The zero-order valence-corrected chi connectivity index (χ0v) is 16.7. The van der Waals surface area contributed by atoms with Crippen molar-refractivity contribution in [2.75, 3.05) is 6.61 Å². The van der Waals surface area contributed by atoms with Crippen molar-refractivity contribution in [2.24, 2.45) is 0 Å². The number of aliphatic hydroxyl groups excluding tert-OH is 3. The molecule has 4 N–H and O–H groups in total. The van der Waals surface area contributed by atoms with Gasteiger partial charge in [0.15, 0.2) is 5.79 Å². The molecule has 1 aromatic heterocycles. The zero-order chi connectivity index (χ0) is 21.0. The maximum atomic E-state index is 10.5. The fourth-order valence-electron chi connectivity index (χ4n) is 4.55. The van der Waals surface area contributed by atoms with Crippen LogP contribution in [0.5, 0.6) is 5.75 Å². The van der Waals surface area contributed by atoms with Gasteiger partial charge in [-0.25, -0.2) is 0 Å². The van der Waals surface area contributed by atoms with Gasteiger partial charge in [-0.15, -0.1) is 0 Å². The number of aromatic hydroxyl groups is 1. The summed E-state index contributed by atoms with van der Waals surface area (Å²) in [6, 6.07) is 12.0. The Morgan fingerprint density at radius 2 is 1.93 bits per heavy atom. The van der Waals surface area contributed by atoms with Crippen molar-refractivity contribution in [1.29, 1.82) is 0 Å². The van der Waals surface area contributed by atoms with Crippen molar-refractivity contribution in [1.82, 2.24) is 4.57 Å². The van der Waals surface area contributed by atoms with Crippen molar-refractivity contribution in [2.45, 2.75) is 50.6 Å². The second-order valence-electron chi connectivity index (χ2n) is 8.30. The first-order chi connectivity index (χ1) is 14.4. The summed E-state index contributed by atoms with van der Waals surface area (Å²) in [4.78, 5) is 0. The lowest BCUT2D eigenvalue weighted by atomic mass is 9.89. The molecule has 2 aromatic carbocycles. The second kappa shape index (κ2) is 7.08. The van der Waals surface area contributed by atoms with E-state index < -0.39 is 30.7 Å². The molecule has 0 amide bonds. The molecule has 158 valence electrons. The fourth-order valence-corrected chi connectivity index (χ4v) is 4.55. The number of fused-ring (bicyclic) bond motifs is 3.